The molecule has 1 aliphatic rings. The van der Waals surface area contributed by atoms with E-state index in [9.17, 15) is 0 Å². The molecule has 0 saturated heterocycles. The third-order valence-corrected chi connectivity index (χ3v) is 2.72. The fourth-order valence-electron chi connectivity index (χ4n) is 1.61. The molecule has 0 bridgehead atoms. The largest absolute Gasteiger partial charge is 0.397 e. The molecule has 1 saturated carbocycles. The molecule has 0 radical (unpaired) electrons. The molecule has 5 heteroatoms. The predicted molar refractivity (Wildman–Crippen MR) is 61.1 cm³/mol. The van der Waals surface area contributed by atoms with E-state index in [1.807, 2.05) is 4.90 Å². The van der Waals surface area contributed by atoms with Crippen LogP contribution in [0.25, 0.3) is 0 Å². The third kappa shape index (κ3) is 2.33. The summed E-state index contributed by atoms with van der Waals surface area (Å²) in [5.74, 6) is 0.724. The average molecular weight is 228 g/mol. The highest BCUT2D eigenvalue weighted by Gasteiger charge is 2.30. The van der Waals surface area contributed by atoms with Crippen molar-refractivity contribution in [1.29, 1.82) is 0 Å². The molecule has 4 nitrogen and oxygen atoms in total. The molecule has 1 aliphatic carbocycles. The topological polar surface area (TPSA) is 62.4 Å². The van der Waals surface area contributed by atoms with Crippen molar-refractivity contribution in [3.8, 4) is 0 Å². The third-order valence-electron chi connectivity index (χ3n) is 2.44. The van der Waals surface area contributed by atoms with Crippen LogP contribution in [0.1, 0.15) is 12.8 Å². The maximum absolute atomic E-state index is 8.98. The van der Waals surface area contributed by atoms with E-state index in [4.69, 9.17) is 22.4 Å². The number of aliphatic hydroxyl groups is 1. The molecule has 1 aromatic heterocycles. The van der Waals surface area contributed by atoms with Crippen LogP contribution >= 0.6 is 11.6 Å². The van der Waals surface area contributed by atoms with Crippen LogP contribution in [0.3, 0.4) is 0 Å². The van der Waals surface area contributed by atoms with Gasteiger partial charge in [-0.2, -0.15) is 0 Å². The lowest BCUT2D eigenvalue weighted by Crippen LogP contribution is -2.30. The molecule has 0 amide bonds. The van der Waals surface area contributed by atoms with E-state index in [2.05, 4.69) is 4.98 Å². The number of halogens is 1. The number of rotatable bonds is 4. The van der Waals surface area contributed by atoms with Crippen molar-refractivity contribution in [1.82, 2.24) is 4.98 Å². The zero-order valence-corrected chi connectivity index (χ0v) is 9.11. The summed E-state index contributed by atoms with van der Waals surface area (Å²) in [4.78, 5) is 6.26. The lowest BCUT2D eigenvalue weighted by molar-refractivity contribution is 0.301. The first kappa shape index (κ1) is 10.5. The number of aromatic nitrogens is 1. The fourth-order valence-corrected chi connectivity index (χ4v) is 1.90. The smallest absolute Gasteiger partial charge is 0.147 e. The van der Waals surface area contributed by atoms with Gasteiger partial charge < -0.3 is 15.7 Å². The lowest BCUT2D eigenvalue weighted by atomic mass is 10.3. The second kappa shape index (κ2) is 4.24. The van der Waals surface area contributed by atoms with Crippen LogP contribution in [0, 0.1) is 0 Å². The number of pyridine rings is 1. The number of hydrogen-bond donors (Lipinski definition) is 2. The van der Waals surface area contributed by atoms with Crippen LogP contribution in [-0.4, -0.2) is 29.3 Å². The van der Waals surface area contributed by atoms with Crippen molar-refractivity contribution in [2.24, 2.45) is 0 Å². The van der Waals surface area contributed by atoms with E-state index in [0.717, 1.165) is 18.7 Å². The Morgan fingerprint density at radius 3 is 2.87 bits per heavy atom. The van der Waals surface area contributed by atoms with E-state index < -0.39 is 0 Å². The van der Waals surface area contributed by atoms with E-state index in [1.165, 1.54) is 0 Å². The average Bonchev–Trinajstić information content (AvgIpc) is 2.98. The van der Waals surface area contributed by atoms with Crippen molar-refractivity contribution in [3.63, 3.8) is 0 Å². The summed E-state index contributed by atoms with van der Waals surface area (Å²) in [6, 6.07) is 2.17. The van der Waals surface area contributed by atoms with Gasteiger partial charge in [0.2, 0.25) is 0 Å². The number of nitrogens with zero attached hydrogens (tertiary/aromatic N) is 2. The lowest BCUT2D eigenvalue weighted by Gasteiger charge is -2.23. The van der Waals surface area contributed by atoms with Gasteiger partial charge in [0, 0.05) is 12.6 Å². The molecule has 0 unspecified atom stereocenters. The molecule has 2 rings (SSSR count). The van der Waals surface area contributed by atoms with Crippen molar-refractivity contribution in [2.75, 3.05) is 23.8 Å². The Morgan fingerprint density at radius 1 is 1.60 bits per heavy atom. The summed E-state index contributed by atoms with van der Waals surface area (Å²) in [5.41, 5.74) is 6.14. The Labute approximate surface area is 93.7 Å². The molecule has 3 N–H and O–H groups in total. The van der Waals surface area contributed by atoms with E-state index >= 15 is 0 Å². The molecule has 0 spiro atoms. The number of hydrogen-bond acceptors (Lipinski definition) is 4. The molecular formula is C10H14ClN3O. The minimum absolute atomic E-state index is 0.110. The van der Waals surface area contributed by atoms with Gasteiger partial charge in [-0.15, -0.1) is 0 Å². The van der Waals surface area contributed by atoms with Crippen molar-refractivity contribution in [2.45, 2.75) is 18.9 Å². The highest BCUT2D eigenvalue weighted by molar-refractivity contribution is 6.33. The van der Waals surface area contributed by atoms with Crippen molar-refractivity contribution >= 4 is 23.1 Å². The minimum atomic E-state index is 0.110. The Kier molecular flexibility index (Phi) is 2.98. The van der Waals surface area contributed by atoms with Gasteiger partial charge in [-0.3, -0.25) is 0 Å². The van der Waals surface area contributed by atoms with Crippen molar-refractivity contribution < 1.29 is 5.11 Å². The predicted octanol–water partition coefficient (Wildman–Crippen LogP) is 1.28. The van der Waals surface area contributed by atoms with Gasteiger partial charge in [-0.05, 0) is 18.9 Å². The first-order valence-corrected chi connectivity index (χ1v) is 5.38. The van der Waals surface area contributed by atoms with Gasteiger partial charge in [-0.25, -0.2) is 4.98 Å². The Morgan fingerprint density at radius 2 is 2.33 bits per heavy atom. The monoisotopic (exact) mass is 227 g/mol. The Hall–Kier alpha value is -1.00. The van der Waals surface area contributed by atoms with Gasteiger partial charge in [0.15, 0.2) is 0 Å². The van der Waals surface area contributed by atoms with Crippen LogP contribution in [0.4, 0.5) is 11.5 Å². The van der Waals surface area contributed by atoms with Crippen molar-refractivity contribution in [3.05, 3.63) is 17.3 Å². The molecule has 0 aromatic carbocycles. The van der Waals surface area contributed by atoms with E-state index in [-0.39, 0.29) is 6.61 Å². The van der Waals surface area contributed by atoms with E-state index in [1.54, 1.807) is 12.3 Å². The molecule has 1 aromatic rings. The van der Waals surface area contributed by atoms with Gasteiger partial charge in [-0.1, -0.05) is 11.6 Å². The molecule has 82 valence electrons. The highest BCUT2D eigenvalue weighted by atomic mass is 35.5. The minimum Gasteiger partial charge on any atom is -0.397 e. The maximum atomic E-state index is 8.98. The second-order valence-corrected chi connectivity index (χ2v) is 4.13. The molecule has 0 aliphatic heterocycles. The summed E-state index contributed by atoms with van der Waals surface area (Å²) < 4.78 is 0. The normalized spacial score (nSPS) is 15.3. The van der Waals surface area contributed by atoms with Crippen LogP contribution in [0.5, 0.6) is 0 Å². The SMILES string of the molecule is Nc1cnc(N(CCO)C2CC2)c(Cl)c1. The maximum Gasteiger partial charge on any atom is 0.147 e. The Bertz CT molecular complexity index is 355. The number of nitrogens with two attached hydrogens (primary N) is 1. The number of anilines is 2. The van der Waals surface area contributed by atoms with Crippen LogP contribution < -0.4 is 10.6 Å². The molecule has 1 heterocycles. The summed E-state index contributed by atoms with van der Waals surface area (Å²) in [6.45, 7) is 0.681. The van der Waals surface area contributed by atoms with Gasteiger partial charge in [0.25, 0.3) is 0 Å². The highest BCUT2D eigenvalue weighted by Crippen LogP contribution is 2.34. The second-order valence-electron chi connectivity index (χ2n) is 3.72. The standard InChI is InChI=1S/C10H14ClN3O/c11-9-5-7(12)6-13-10(9)14(3-4-15)8-1-2-8/h5-6,8,15H,1-4,12H2. The molecule has 0 atom stereocenters. The molecule has 15 heavy (non-hydrogen) atoms. The van der Waals surface area contributed by atoms with Crippen LogP contribution in [-0.2, 0) is 0 Å². The Balaban J connectivity index is 2.24. The first-order valence-electron chi connectivity index (χ1n) is 5.01. The zero-order chi connectivity index (χ0) is 10.8. The molecule has 1 fully saturated rings. The fraction of sp³-hybridized carbons (Fsp3) is 0.500. The first-order chi connectivity index (χ1) is 7.22. The summed E-state index contributed by atoms with van der Waals surface area (Å²) in [5, 5.41) is 9.53. The van der Waals surface area contributed by atoms with E-state index in [0.29, 0.717) is 23.3 Å². The van der Waals surface area contributed by atoms with Gasteiger partial charge >= 0.3 is 0 Å². The summed E-state index contributed by atoms with van der Waals surface area (Å²) in [6.07, 6.45) is 3.87. The van der Waals surface area contributed by atoms with Gasteiger partial charge in [0.1, 0.15) is 5.82 Å². The molecular weight excluding hydrogens is 214 g/mol. The number of nitrogen functional groups attached to an aromatic ring is 1. The summed E-state index contributed by atoms with van der Waals surface area (Å²) in [7, 11) is 0. The zero-order valence-electron chi connectivity index (χ0n) is 8.36. The quantitative estimate of drug-likeness (QED) is 0.814. The van der Waals surface area contributed by atoms with Crippen LogP contribution in [0.2, 0.25) is 5.02 Å². The summed E-state index contributed by atoms with van der Waals surface area (Å²) >= 11 is 6.07. The van der Waals surface area contributed by atoms with Crippen LogP contribution in [0.15, 0.2) is 12.3 Å². The van der Waals surface area contributed by atoms with Gasteiger partial charge in [0.05, 0.1) is 23.5 Å². The number of aliphatic hydroxyl groups excluding tert-OH is 1.